The van der Waals surface area contributed by atoms with E-state index in [-0.39, 0.29) is 99.0 Å². The molecule has 0 spiro atoms. The Kier molecular flexibility index (Phi) is 15.2. The summed E-state index contributed by atoms with van der Waals surface area (Å²) in [7, 11) is 0. The molecular formula is C38H54O13. The monoisotopic (exact) mass is 718 g/mol. The van der Waals surface area contributed by atoms with Gasteiger partial charge < -0.3 is 23.7 Å². The molecule has 0 radical (unpaired) electrons. The summed E-state index contributed by atoms with van der Waals surface area (Å²) in [5, 5.41) is 0. The van der Waals surface area contributed by atoms with Crippen molar-refractivity contribution in [1.29, 1.82) is 0 Å². The van der Waals surface area contributed by atoms with Crippen LogP contribution in [0.25, 0.3) is 0 Å². The summed E-state index contributed by atoms with van der Waals surface area (Å²) < 4.78 is 27.6. The van der Waals surface area contributed by atoms with Crippen molar-refractivity contribution < 1.29 is 62.0 Å². The van der Waals surface area contributed by atoms with Crippen molar-refractivity contribution in [1.82, 2.24) is 0 Å². The van der Waals surface area contributed by atoms with Crippen LogP contribution in [0.15, 0.2) is 23.5 Å². The van der Waals surface area contributed by atoms with Crippen LogP contribution in [0.1, 0.15) is 120 Å². The Morgan fingerprint density at radius 1 is 0.765 bits per heavy atom. The Balaban J connectivity index is 1.75. The van der Waals surface area contributed by atoms with E-state index in [0.717, 1.165) is 6.26 Å². The lowest BCUT2D eigenvalue weighted by Crippen LogP contribution is -2.39. The minimum Gasteiger partial charge on any atom is -0.465 e. The smallest absolute Gasteiger partial charge is 0.312 e. The number of ketones is 4. The van der Waals surface area contributed by atoms with Crippen LogP contribution in [-0.4, -0.2) is 78.0 Å². The zero-order chi connectivity index (χ0) is 38.8. The Hall–Kier alpha value is -4.00. The second kappa shape index (κ2) is 18.0. The first kappa shape index (κ1) is 43.2. The zero-order valence-corrected chi connectivity index (χ0v) is 31.5. The van der Waals surface area contributed by atoms with Gasteiger partial charge in [-0.1, -0.05) is 6.92 Å². The standard InChI is InChI=1S/C38H54O13/c1-24(32(44)49-23-26-19-28(40)11-13-30(26)42)20-35(2,3)34(46)51-38(8,9)15-17-50-37(6,7)14-16-47-33(45)36(4,5)21-31(43)48-22-25-18-27(39)10-12-29(25)41/h19,22,24H,10-18,20-21,23H2,1-9H3/b25-22-. The second-order valence-corrected chi connectivity index (χ2v) is 15.9. The second-order valence-electron chi connectivity index (χ2n) is 15.9. The van der Waals surface area contributed by atoms with Crippen molar-refractivity contribution in [2.45, 2.75) is 131 Å². The van der Waals surface area contributed by atoms with Gasteiger partial charge in [0.15, 0.2) is 17.3 Å². The molecule has 1 fully saturated rings. The van der Waals surface area contributed by atoms with Gasteiger partial charge in [0.25, 0.3) is 0 Å². The predicted octanol–water partition coefficient (Wildman–Crippen LogP) is 5.05. The number of Topliss-reactive ketones (excluding diaryl/α,β-unsaturated/α-hetero) is 3. The van der Waals surface area contributed by atoms with E-state index in [4.69, 9.17) is 23.7 Å². The van der Waals surface area contributed by atoms with E-state index in [9.17, 15) is 38.4 Å². The highest BCUT2D eigenvalue weighted by atomic mass is 16.6. The summed E-state index contributed by atoms with van der Waals surface area (Å²) in [6, 6.07) is 0. The Bertz CT molecular complexity index is 1440. The summed E-state index contributed by atoms with van der Waals surface area (Å²) in [5.74, 6) is -3.86. The summed E-state index contributed by atoms with van der Waals surface area (Å²) >= 11 is 0. The van der Waals surface area contributed by atoms with Gasteiger partial charge in [-0.05, 0) is 67.9 Å². The molecule has 13 nitrogen and oxygen atoms in total. The van der Waals surface area contributed by atoms with Crippen LogP contribution in [0.2, 0.25) is 0 Å². The lowest BCUT2D eigenvalue weighted by molar-refractivity contribution is -0.171. The lowest BCUT2D eigenvalue weighted by Gasteiger charge is -2.33. The highest BCUT2D eigenvalue weighted by Crippen LogP contribution is 2.31. The van der Waals surface area contributed by atoms with Gasteiger partial charge in [0, 0.05) is 56.1 Å². The van der Waals surface area contributed by atoms with Crippen molar-refractivity contribution in [3.05, 3.63) is 23.5 Å². The first-order chi connectivity index (χ1) is 23.4. The molecule has 0 aliphatic heterocycles. The molecule has 284 valence electrons. The normalized spacial score (nSPS) is 17.5. The van der Waals surface area contributed by atoms with E-state index in [1.807, 2.05) is 13.8 Å². The molecule has 1 unspecified atom stereocenters. The SMILES string of the molecule is CC(CC(C)(C)C(=O)OC(C)(C)CCOC(C)(C)CCOC(=O)C(C)(C)CC(=O)O/C=C1/CC(=O)CCC1=O)C(=O)OCC1=CC(=O)CCC1=O. The van der Waals surface area contributed by atoms with Gasteiger partial charge in [-0.25, -0.2) is 0 Å². The van der Waals surface area contributed by atoms with Gasteiger partial charge in [-0.3, -0.25) is 38.4 Å². The van der Waals surface area contributed by atoms with Crippen molar-refractivity contribution in [3.63, 3.8) is 0 Å². The van der Waals surface area contributed by atoms with Gasteiger partial charge in [-0.15, -0.1) is 0 Å². The molecule has 0 aromatic carbocycles. The predicted molar refractivity (Wildman–Crippen MR) is 183 cm³/mol. The molecular weight excluding hydrogens is 664 g/mol. The summed E-state index contributed by atoms with van der Waals surface area (Å²) in [6.07, 6.45) is 3.18. The number of carbonyl (C=O) groups excluding carboxylic acids is 8. The van der Waals surface area contributed by atoms with E-state index >= 15 is 0 Å². The molecule has 0 N–H and O–H groups in total. The molecule has 0 aromatic rings. The van der Waals surface area contributed by atoms with E-state index in [1.165, 1.54) is 6.08 Å². The van der Waals surface area contributed by atoms with Crippen LogP contribution in [0.4, 0.5) is 0 Å². The van der Waals surface area contributed by atoms with Crippen LogP contribution in [0.3, 0.4) is 0 Å². The fraction of sp³-hybridized carbons (Fsp3) is 0.684. The maximum atomic E-state index is 13.2. The van der Waals surface area contributed by atoms with E-state index in [1.54, 1.807) is 48.5 Å². The van der Waals surface area contributed by atoms with Crippen LogP contribution >= 0.6 is 0 Å². The quantitative estimate of drug-likeness (QED) is 0.0795. The number of hydrogen-bond acceptors (Lipinski definition) is 13. The Labute approximate surface area is 300 Å². The molecule has 51 heavy (non-hydrogen) atoms. The van der Waals surface area contributed by atoms with E-state index in [0.29, 0.717) is 12.8 Å². The molecule has 1 saturated carbocycles. The average molecular weight is 719 g/mol. The van der Waals surface area contributed by atoms with Crippen LogP contribution in [0, 0.1) is 16.7 Å². The molecule has 1 atom stereocenters. The largest absolute Gasteiger partial charge is 0.465 e. The Morgan fingerprint density at radius 3 is 2.06 bits per heavy atom. The molecule has 2 aliphatic carbocycles. The molecule has 0 heterocycles. The van der Waals surface area contributed by atoms with Gasteiger partial charge in [0.2, 0.25) is 0 Å². The molecule has 2 rings (SSSR count). The minimum atomic E-state index is -1.21. The number of carbonyl (C=O) groups is 8. The fourth-order valence-electron chi connectivity index (χ4n) is 5.29. The molecule has 2 aliphatic rings. The highest BCUT2D eigenvalue weighted by Gasteiger charge is 2.38. The van der Waals surface area contributed by atoms with Crippen molar-refractivity contribution >= 4 is 47.0 Å². The summed E-state index contributed by atoms with van der Waals surface area (Å²) in [4.78, 5) is 98.0. The Morgan fingerprint density at radius 2 is 1.39 bits per heavy atom. The third-order valence-electron chi connectivity index (χ3n) is 8.78. The van der Waals surface area contributed by atoms with Gasteiger partial charge >= 0.3 is 23.9 Å². The first-order valence-corrected chi connectivity index (χ1v) is 17.3. The fourth-order valence-corrected chi connectivity index (χ4v) is 5.29. The van der Waals surface area contributed by atoms with Crippen molar-refractivity contribution in [3.8, 4) is 0 Å². The third-order valence-corrected chi connectivity index (χ3v) is 8.78. The summed E-state index contributed by atoms with van der Waals surface area (Å²) in [6.45, 7) is 15.2. The van der Waals surface area contributed by atoms with Crippen LogP contribution in [0.5, 0.6) is 0 Å². The molecule has 13 heteroatoms. The van der Waals surface area contributed by atoms with Crippen LogP contribution < -0.4 is 0 Å². The van der Waals surface area contributed by atoms with Crippen LogP contribution in [-0.2, 0) is 62.0 Å². The van der Waals surface area contributed by atoms with Gasteiger partial charge in [0.1, 0.15) is 24.3 Å². The van der Waals surface area contributed by atoms with Crippen molar-refractivity contribution in [2.24, 2.45) is 16.7 Å². The average Bonchev–Trinajstić information content (AvgIpc) is 3.00. The first-order valence-electron chi connectivity index (χ1n) is 17.3. The molecule has 0 bridgehead atoms. The molecule has 0 aromatic heterocycles. The van der Waals surface area contributed by atoms with Crippen molar-refractivity contribution in [2.75, 3.05) is 19.8 Å². The number of hydrogen-bond donors (Lipinski definition) is 0. The number of ether oxygens (including phenoxy) is 5. The molecule has 0 saturated heterocycles. The topological polar surface area (TPSA) is 183 Å². The highest BCUT2D eigenvalue weighted by molar-refractivity contribution is 6.08. The maximum Gasteiger partial charge on any atom is 0.312 e. The van der Waals surface area contributed by atoms with Gasteiger partial charge in [0.05, 0.1) is 42.0 Å². The number of rotatable bonds is 18. The van der Waals surface area contributed by atoms with E-state index < -0.39 is 51.8 Å². The third kappa shape index (κ3) is 14.6. The molecule has 0 amide bonds. The number of esters is 4. The van der Waals surface area contributed by atoms with E-state index in [2.05, 4.69) is 0 Å². The number of allylic oxidation sites excluding steroid dienone is 2. The summed E-state index contributed by atoms with van der Waals surface area (Å²) in [5.41, 5.74) is -3.55. The van der Waals surface area contributed by atoms with Gasteiger partial charge in [-0.2, -0.15) is 0 Å². The minimum absolute atomic E-state index is 0.0180. The maximum absolute atomic E-state index is 13.2. The lowest BCUT2D eigenvalue weighted by atomic mass is 9.83. The zero-order valence-electron chi connectivity index (χ0n) is 31.5.